The third kappa shape index (κ3) is 3.76. The van der Waals surface area contributed by atoms with Crippen molar-refractivity contribution in [2.45, 2.75) is 6.92 Å². The molecular formula is C20H20N6O. The number of primary amides is 1. The summed E-state index contributed by atoms with van der Waals surface area (Å²) in [4.78, 5) is 11.7. The SMILES string of the molecule is CC(C#Cc1cccc(-n2nc(C(N)=O)c3ccccc32)c1)/C(N)=C/NN. The Labute approximate surface area is 156 Å². The number of para-hydroxylation sites is 1. The highest BCUT2D eigenvalue weighted by atomic mass is 16.1. The molecule has 0 saturated heterocycles. The van der Waals surface area contributed by atoms with E-state index < -0.39 is 5.91 Å². The second-order valence-electron chi connectivity index (χ2n) is 5.99. The fourth-order valence-electron chi connectivity index (χ4n) is 2.66. The van der Waals surface area contributed by atoms with E-state index in [4.69, 9.17) is 17.3 Å². The van der Waals surface area contributed by atoms with Gasteiger partial charge in [-0.2, -0.15) is 5.10 Å². The summed E-state index contributed by atoms with van der Waals surface area (Å²) in [6.07, 6.45) is 1.51. The van der Waals surface area contributed by atoms with E-state index in [1.54, 1.807) is 4.68 Å². The van der Waals surface area contributed by atoms with Crippen LogP contribution in [0.4, 0.5) is 0 Å². The van der Waals surface area contributed by atoms with E-state index in [9.17, 15) is 4.79 Å². The van der Waals surface area contributed by atoms with Crippen molar-refractivity contribution in [1.82, 2.24) is 15.2 Å². The van der Waals surface area contributed by atoms with E-state index >= 15 is 0 Å². The lowest BCUT2D eigenvalue weighted by Gasteiger charge is -2.05. The Morgan fingerprint density at radius 2 is 2.00 bits per heavy atom. The van der Waals surface area contributed by atoms with Gasteiger partial charge in [-0.1, -0.05) is 36.1 Å². The average molecular weight is 360 g/mol. The molecule has 0 aliphatic carbocycles. The molecule has 136 valence electrons. The lowest BCUT2D eigenvalue weighted by molar-refractivity contribution is 0.0996. The lowest BCUT2D eigenvalue weighted by Crippen LogP contribution is -2.19. The van der Waals surface area contributed by atoms with Gasteiger partial charge in [0.05, 0.1) is 17.1 Å². The van der Waals surface area contributed by atoms with Crippen LogP contribution in [-0.4, -0.2) is 15.7 Å². The summed E-state index contributed by atoms with van der Waals surface area (Å²) in [5, 5.41) is 5.10. The first-order chi connectivity index (χ1) is 13.0. The largest absolute Gasteiger partial charge is 0.400 e. The number of nitrogens with zero attached hydrogens (tertiary/aromatic N) is 2. The van der Waals surface area contributed by atoms with Gasteiger partial charge >= 0.3 is 0 Å². The van der Waals surface area contributed by atoms with Gasteiger partial charge in [-0.15, -0.1) is 0 Å². The quantitative estimate of drug-likeness (QED) is 0.318. The molecule has 1 amide bonds. The number of hydrogen-bond donors (Lipinski definition) is 4. The first kappa shape index (κ1) is 18.0. The molecule has 0 aliphatic rings. The number of carbonyl (C=O) groups excluding carboxylic acids is 1. The molecular weight excluding hydrogens is 340 g/mol. The lowest BCUT2D eigenvalue weighted by atomic mass is 10.1. The molecule has 1 aromatic heterocycles. The van der Waals surface area contributed by atoms with Crippen LogP contribution in [0.25, 0.3) is 16.6 Å². The molecule has 0 bridgehead atoms. The molecule has 0 aliphatic heterocycles. The number of rotatable bonds is 4. The molecule has 7 N–H and O–H groups in total. The van der Waals surface area contributed by atoms with E-state index in [0.29, 0.717) is 11.1 Å². The third-order valence-corrected chi connectivity index (χ3v) is 4.09. The van der Waals surface area contributed by atoms with Gasteiger partial charge in [0.2, 0.25) is 0 Å². The summed E-state index contributed by atoms with van der Waals surface area (Å²) in [7, 11) is 0. The van der Waals surface area contributed by atoms with Gasteiger partial charge in [-0.05, 0) is 31.2 Å². The summed E-state index contributed by atoms with van der Waals surface area (Å²) in [6.45, 7) is 1.89. The maximum atomic E-state index is 11.7. The van der Waals surface area contributed by atoms with Crippen molar-refractivity contribution in [2.24, 2.45) is 23.2 Å². The maximum absolute atomic E-state index is 11.7. The van der Waals surface area contributed by atoms with Crippen molar-refractivity contribution in [3.8, 4) is 17.5 Å². The van der Waals surface area contributed by atoms with E-state index in [0.717, 1.165) is 16.8 Å². The zero-order chi connectivity index (χ0) is 19.4. The average Bonchev–Trinajstić information content (AvgIpc) is 3.06. The number of carbonyl (C=O) groups is 1. The van der Waals surface area contributed by atoms with Crippen molar-refractivity contribution in [3.05, 3.63) is 71.7 Å². The Hall–Kier alpha value is -3.76. The molecule has 1 heterocycles. The van der Waals surface area contributed by atoms with Gasteiger partial charge in [0, 0.05) is 22.8 Å². The second-order valence-corrected chi connectivity index (χ2v) is 5.99. The molecule has 0 radical (unpaired) electrons. The van der Waals surface area contributed by atoms with Crippen molar-refractivity contribution in [1.29, 1.82) is 0 Å². The minimum Gasteiger partial charge on any atom is -0.400 e. The number of aromatic nitrogens is 2. The van der Waals surface area contributed by atoms with Gasteiger partial charge in [-0.25, -0.2) is 4.68 Å². The third-order valence-electron chi connectivity index (χ3n) is 4.09. The molecule has 1 atom stereocenters. The predicted octanol–water partition coefficient (Wildman–Crippen LogP) is 1.38. The summed E-state index contributed by atoms with van der Waals surface area (Å²) >= 11 is 0. The first-order valence-electron chi connectivity index (χ1n) is 8.32. The number of nitrogens with one attached hydrogen (secondary N) is 1. The van der Waals surface area contributed by atoms with Crippen molar-refractivity contribution < 1.29 is 4.79 Å². The number of nitrogens with two attached hydrogens (primary N) is 3. The zero-order valence-corrected chi connectivity index (χ0v) is 14.8. The molecule has 27 heavy (non-hydrogen) atoms. The molecule has 0 fully saturated rings. The summed E-state index contributed by atoms with van der Waals surface area (Å²) in [5.41, 5.74) is 16.9. The second kappa shape index (κ2) is 7.64. The normalized spacial score (nSPS) is 12.3. The molecule has 7 heteroatoms. The van der Waals surface area contributed by atoms with Crippen LogP contribution in [0.1, 0.15) is 23.0 Å². The standard InChI is InChI=1S/C20H20N6O/c1-13(17(21)12-24-23)9-10-14-5-4-6-15(11-14)26-18-8-3-2-7-16(18)19(25-26)20(22)27/h2-8,11-13,24H,21,23H2,1H3,(H2,22,27)/b17-12-. The van der Waals surface area contributed by atoms with E-state index in [2.05, 4.69) is 22.4 Å². The van der Waals surface area contributed by atoms with Gasteiger partial charge in [0.15, 0.2) is 5.69 Å². The number of hydrogen-bond acceptors (Lipinski definition) is 5. The summed E-state index contributed by atoms with van der Waals surface area (Å²) in [6, 6.07) is 15.0. The van der Waals surface area contributed by atoms with Crippen molar-refractivity contribution in [2.75, 3.05) is 0 Å². The maximum Gasteiger partial charge on any atom is 0.269 e. The number of benzene rings is 2. The minimum atomic E-state index is -0.564. The minimum absolute atomic E-state index is 0.156. The predicted molar refractivity (Wildman–Crippen MR) is 105 cm³/mol. The van der Waals surface area contributed by atoms with Crippen LogP contribution in [0.2, 0.25) is 0 Å². The molecule has 2 aromatic carbocycles. The Bertz CT molecular complexity index is 1090. The summed E-state index contributed by atoms with van der Waals surface area (Å²) in [5.74, 6) is 10.7. The smallest absolute Gasteiger partial charge is 0.269 e. The number of amides is 1. The van der Waals surface area contributed by atoms with Crippen LogP contribution >= 0.6 is 0 Å². The monoisotopic (exact) mass is 360 g/mol. The fourth-order valence-corrected chi connectivity index (χ4v) is 2.66. The zero-order valence-electron chi connectivity index (χ0n) is 14.8. The van der Waals surface area contributed by atoms with Crippen LogP contribution < -0.4 is 22.7 Å². The summed E-state index contributed by atoms with van der Waals surface area (Å²) < 4.78 is 1.69. The number of fused-ring (bicyclic) bond motifs is 1. The first-order valence-corrected chi connectivity index (χ1v) is 8.32. The Balaban J connectivity index is 2.02. The number of hydrazine groups is 1. The van der Waals surface area contributed by atoms with E-state index in [1.165, 1.54) is 6.20 Å². The van der Waals surface area contributed by atoms with Crippen LogP contribution in [0.15, 0.2) is 60.4 Å². The highest BCUT2D eigenvalue weighted by Crippen LogP contribution is 2.22. The van der Waals surface area contributed by atoms with Gasteiger partial charge in [0.1, 0.15) is 0 Å². The van der Waals surface area contributed by atoms with Crippen LogP contribution in [-0.2, 0) is 0 Å². The molecule has 1 unspecified atom stereocenters. The fraction of sp³-hybridized carbons (Fsp3) is 0.100. The van der Waals surface area contributed by atoms with Gasteiger partial charge < -0.3 is 16.9 Å². The number of allylic oxidation sites excluding steroid dienone is 1. The molecule has 0 saturated carbocycles. The van der Waals surface area contributed by atoms with Crippen LogP contribution in [0.3, 0.4) is 0 Å². The Kier molecular flexibility index (Phi) is 5.11. The molecule has 3 aromatic rings. The van der Waals surface area contributed by atoms with Gasteiger partial charge in [0.25, 0.3) is 5.91 Å². The van der Waals surface area contributed by atoms with Gasteiger partial charge in [-0.3, -0.25) is 10.6 Å². The van der Waals surface area contributed by atoms with Crippen LogP contribution in [0, 0.1) is 17.8 Å². The van der Waals surface area contributed by atoms with E-state index in [-0.39, 0.29) is 11.6 Å². The van der Waals surface area contributed by atoms with Crippen molar-refractivity contribution >= 4 is 16.8 Å². The topological polar surface area (TPSA) is 125 Å². The molecule has 7 nitrogen and oxygen atoms in total. The highest BCUT2D eigenvalue weighted by Gasteiger charge is 2.15. The Morgan fingerprint density at radius 3 is 2.74 bits per heavy atom. The Morgan fingerprint density at radius 1 is 1.22 bits per heavy atom. The highest BCUT2D eigenvalue weighted by molar-refractivity contribution is 6.04. The van der Waals surface area contributed by atoms with Crippen LogP contribution in [0.5, 0.6) is 0 Å². The van der Waals surface area contributed by atoms with Crippen molar-refractivity contribution in [3.63, 3.8) is 0 Å². The molecule has 3 rings (SSSR count). The molecule has 0 spiro atoms. The van der Waals surface area contributed by atoms with E-state index in [1.807, 2.05) is 55.5 Å².